The van der Waals surface area contributed by atoms with Crippen LogP contribution in [0.25, 0.3) is 33.4 Å². The third-order valence-electron chi connectivity index (χ3n) is 13.7. The number of rotatable bonds is 7. The van der Waals surface area contributed by atoms with Crippen LogP contribution in [0.1, 0.15) is 106 Å². The topological polar surface area (TPSA) is 3.24 Å². The summed E-state index contributed by atoms with van der Waals surface area (Å²) in [5.41, 5.74) is 17.3. The van der Waals surface area contributed by atoms with Gasteiger partial charge < -0.3 is 4.90 Å². The summed E-state index contributed by atoms with van der Waals surface area (Å²) in [6, 6.07) is 53.5. The van der Waals surface area contributed by atoms with E-state index in [2.05, 4.69) is 158 Å². The van der Waals surface area contributed by atoms with Gasteiger partial charge in [0.15, 0.2) is 0 Å². The van der Waals surface area contributed by atoms with Gasteiger partial charge in [-0.2, -0.15) is 0 Å². The lowest BCUT2D eigenvalue weighted by Gasteiger charge is -2.31. The summed E-state index contributed by atoms with van der Waals surface area (Å²) in [6.07, 6.45) is 12.3. The first-order chi connectivity index (χ1) is 26.0. The van der Waals surface area contributed by atoms with Gasteiger partial charge in [0.25, 0.3) is 0 Å². The molecule has 6 aromatic rings. The summed E-state index contributed by atoms with van der Waals surface area (Å²) in [5, 5.41) is 0. The van der Waals surface area contributed by atoms with Crippen molar-refractivity contribution < 1.29 is 0 Å². The van der Waals surface area contributed by atoms with E-state index in [9.17, 15) is 0 Å². The van der Waals surface area contributed by atoms with Crippen LogP contribution < -0.4 is 4.90 Å². The van der Waals surface area contributed by atoms with E-state index in [0.29, 0.717) is 5.92 Å². The summed E-state index contributed by atoms with van der Waals surface area (Å²) >= 11 is 0. The third kappa shape index (κ3) is 5.75. The molecule has 0 N–H and O–H groups in total. The Morgan fingerprint density at radius 2 is 1.23 bits per heavy atom. The second kappa shape index (κ2) is 13.2. The molecule has 3 saturated carbocycles. The van der Waals surface area contributed by atoms with Gasteiger partial charge in [0.1, 0.15) is 0 Å². The van der Waals surface area contributed by atoms with E-state index < -0.39 is 0 Å². The number of anilines is 3. The molecule has 1 heteroatoms. The van der Waals surface area contributed by atoms with Crippen LogP contribution in [0, 0.1) is 11.8 Å². The normalized spacial score (nSPS) is 21.4. The lowest BCUT2D eigenvalue weighted by molar-refractivity contribution is 0.420. The Labute approximate surface area is 316 Å². The molecule has 0 heterocycles. The Balaban J connectivity index is 1.14. The van der Waals surface area contributed by atoms with Crippen LogP contribution in [-0.2, 0) is 5.41 Å². The lowest BCUT2D eigenvalue weighted by atomic mass is 9.81. The standard InChI is InChI=1S/C52H51N/c1-52(2)49-19-10-9-18-46(49)51-48(40-24-22-38(23-25-40)36-12-5-3-6-13-36)33-45(34-50(51)52)53(44-17-11-16-41(32-44)37-14-7-4-8-15-37)43-28-26-39(27-29-43)47-31-35-20-21-42(47)30-35/h3,5-6,9-13,16-19,22-29,32-35,37,42,47H,4,7-8,14-15,20-21,30-31H2,1-2H3. The molecule has 4 aliphatic carbocycles. The highest BCUT2D eigenvalue weighted by atomic mass is 15.1. The molecule has 1 nitrogen and oxygen atoms in total. The zero-order valence-corrected chi connectivity index (χ0v) is 31.4. The lowest BCUT2D eigenvalue weighted by Crippen LogP contribution is -2.17. The van der Waals surface area contributed by atoms with E-state index in [4.69, 9.17) is 0 Å². The summed E-state index contributed by atoms with van der Waals surface area (Å²) in [5.74, 6) is 3.21. The van der Waals surface area contributed by atoms with E-state index in [1.165, 1.54) is 125 Å². The van der Waals surface area contributed by atoms with E-state index in [-0.39, 0.29) is 5.41 Å². The SMILES string of the molecule is CC1(C)c2ccccc2-c2c(-c3ccc(-c4ccccc4)cc3)cc(N(c3ccc(C4CC5CCC4C5)cc3)c3cccc(C4CCCCC4)c3)cc21. The molecule has 3 fully saturated rings. The fourth-order valence-corrected chi connectivity index (χ4v) is 11.0. The van der Waals surface area contributed by atoms with Crippen molar-refractivity contribution >= 4 is 17.1 Å². The summed E-state index contributed by atoms with van der Waals surface area (Å²) in [4.78, 5) is 2.57. The van der Waals surface area contributed by atoms with Crippen molar-refractivity contribution in [2.24, 2.45) is 11.8 Å². The predicted molar refractivity (Wildman–Crippen MR) is 224 cm³/mol. The highest BCUT2D eigenvalue weighted by Gasteiger charge is 2.40. The molecule has 2 bridgehead atoms. The van der Waals surface area contributed by atoms with Gasteiger partial charge in [0.05, 0.1) is 0 Å². The number of benzene rings is 6. The van der Waals surface area contributed by atoms with Gasteiger partial charge >= 0.3 is 0 Å². The molecule has 0 amide bonds. The molecule has 0 aromatic heterocycles. The Bertz CT molecular complexity index is 2250. The van der Waals surface area contributed by atoms with Crippen LogP contribution in [0.15, 0.2) is 140 Å². The molecule has 6 aromatic carbocycles. The smallest absolute Gasteiger partial charge is 0.0471 e. The highest BCUT2D eigenvalue weighted by molar-refractivity contribution is 5.96. The van der Waals surface area contributed by atoms with E-state index in [1.54, 1.807) is 5.56 Å². The number of fused-ring (bicyclic) bond motifs is 5. The molecule has 53 heavy (non-hydrogen) atoms. The molecule has 3 unspecified atom stereocenters. The van der Waals surface area contributed by atoms with Crippen molar-refractivity contribution in [3.05, 3.63) is 162 Å². The molecule has 0 radical (unpaired) electrons. The summed E-state index contributed by atoms with van der Waals surface area (Å²) < 4.78 is 0. The van der Waals surface area contributed by atoms with Crippen molar-refractivity contribution in [2.75, 3.05) is 4.90 Å². The van der Waals surface area contributed by atoms with E-state index >= 15 is 0 Å². The van der Waals surface area contributed by atoms with Crippen LogP contribution in [0.4, 0.5) is 17.1 Å². The number of hydrogen-bond acceptors (Lipinski definition) is 1. The summed E-state index contributed by atoms with van der Waals surface area (Å²) in [6.45, 7) is 4.84. The minimum absolute atomic E-state index is 0.123. The maximum absolute atomic E-state index is 2.57. The van der Waals surface area contributed by atoms with Gasteiger partial charge in [-0.05, 0) is 148 Å². The fourth-order valence-electron chi connectivity index (χ4n) is 11.0. The Morgan fingerprint density at radius 3 is 1.98 bits per heavy atom. The van der Waals surface area contributed by atoms with Crippen LogP contribution in [0.5, 0.6) is 0 Å². The van der Waals surface area contributed by atoms with E-state index in [1.807, 2.05) is 0 Å². The monoisotopic (exact) mass is 689 g/mol. The molecule has 4 aliphatic rings. The zero-order valence-electron chi connectivity index (χ0n) is 31.4. The second-order valence-corrected chi connectivity index (χ2v) is 17.2. The number of nitrogens with zero attached hydrogens (tertiary/aromatic N) is 1. The molecule has 10 rings (SSSR count). The number of hydrogen-bond donors (Lipinski definition) is 0. The predicted octanol–water partition coefficient (Wildman–Crippen LogP) is 14.7. The fraction of sp³-hybridized carbons (Fsp3) is 0.308. The van der Waals surface area contributed by atoms with Crippen molar-refractivity contribution in [3.63, 3.8) is 0 Å². The van der Waals surface area contributed by atoms with Crippen molar-refractivity contribution in [1.82, 2.24) is 0 Å². The molecule has 264 valence electrons. The minimum atomic E-state index is -0.123. The van der Waals surface area contributed by atoms with Gasteiger partial charge in [-0.15, -0.1) is 0 Å². The maximum atomic E-state index is 2.57. The molecule has 3 atom stereocenters. The van der Waals surface area contributed by atoms with Crippen molar-refractivity contribution in [2.45, 2.75) is 88.9 Å². The average molecular weight is 690 g/mol. The van der Waals surface area contributed by atoms with Gasteiger partial charge in [0.2, 0.25) is 0 Å². The Morgan fingerprint density at radius 1 is 0.491 bits per heavy atom. The molecule has 0 aliphatic heterocycles. The summed E-state index contributed by atoms with van der Waals surface area (Å²) in [7, 11) is 0. The largest absolute Gasteiger partial charge is 0.310 e. The van der Waals surface area contributed by atoms with Crippen LogP contribution in [0.2, 0.25) is 0 Å². The van der Waals surface area contributed by atoms with Gasteiger partial charge in [-0.25, -0.2) is 0 Å². The zero-order chi connectivity index (χ0) is 35.5. The second-order valence-electron chi connectivity index (χ2n) is 17.2. The van der Waals surface area contributed by atoms with Crippen LogP contribution >= 0.6 is 0 Å². The molecular formula is C52H51N. The van der Waals surface area contributed by atoms with Crippen molar-refractivity contribution in [3.8, 4) is 33.4 Å². The molecular weight excluding hydrogens is 639 g/mol. The first-order valence-electron chi connectivity index (χ1n) is 20.5. The highest BCUT2D eigenvalue weighted by Crippen LogP contribution is 2.56. The van der Waals surface area contributed by atoms with Gasteiger partial charge in [0, 0.05) is 22.5 Å². The van der Waals surface area contributed by atoms with Crippen LogP contribution in [-0.4, -0.2) is 0 Å². The molecule has 0 saturated heterocycles. The van der Waals surface area contributed by atoms with E-state index in [0.717, 1.165) is 17.8 Å². The van der Waals surface area contributed by atoms with Crippen LogP contribution in [0.3, 0.4) is 0 Å². The Hall–Kier alpha value is -4.88. The first-order valence-corrected chi connectivity index (χ1v) is 20.5. The first kappa shape index (κ1) is 32.7. The molecule has 0 spiro atoms. The quantitative estimate of drug-likeness (QED) is 0.161. The third-order valence-corrected chi connectivity index (χ3v) is 13.7. The van der Waals surface area contributed by atoms with Crippen molar-refractivity contribution in [1.29, 1.82) is 0 Å². The minimum Gasteiger partial charge on any atom is -0.310 e. The Kier molecular flexibility index (Phi) is 8.16. The average Bonchev–Trinajstić information content (AvgIpc) is 3.92. The van der Waals surface area contributed by atoms with Gasteiger partial charge in [-0.1, -0.05) is 143 Å². The van der Waals surface area contributed by atoms with Gasteiger partial charge in [-0.3, -0.25) is 0 Å². The maximum Gasteiger partial charge on any atom is 0.0471 e.